The first-order valence-electron chi connectivity index (χ1n) is 7.79. The van der Waals surface area contributed by atoms with Crippen molar-refractivity contribution in [3.8, 4) is 11.3 Å². The van der Waals surface area contributed by atoms with Crippen LogP contribution in [0.1, 0.15) is 5.76 Å². The molecule has 2 heterocycles. The van der Waals surface area contributed by atoms with E-state index in [1.807, 2.05) is 48.5 Å². The molecule has 0 aliphatic rings. The molecule has 24 heavy (non-hydrogen) atoms. The van der Waals surface area contributed by atoms with Crippen LogP contribution >= 0.6 is 0 Å². The third kappa shape index (κ3) is 4.33. The second-order valence-corrected chi connectivity index (χ2v) is 5.18. The van der Waals surface area contributed by atoms with Crippen LogP contribution < -0.4 is 10.6 Å². The lowest BCUT2D eigenvalue weighted by atomic mass is 10.1. The van der Waals surface area contributed by atoms with Crippen LogP contribution in [0, 0.1) is 0 Å². The highest BCUT2D eigenvalue weighted by Crippen LogP contribution is 2.21. The maximum atomic E-state index is 5.33. The number of furan rings is 1. The minimum atomic E-state index is 0.531. The predicted molar refractivity (Wildman–Crippen MR) is 93.9 cm³/mol. The largest absolute Gasteiger partial charge is 0.467 e. The number of anilines is 2. The average Bonchev–Trinajstić information content (AvgIpc) is 3.14. The standard InChI is InChI=1S/C18H20N4O2/c1-23-11-9-19-17-12-16(14-6-3-2-4-7-14)21-18(22-17)20-13-15-8-5-10-24-15/h2-8,10,12H,9,11,13H2,1H3,(H2,19,20,21,22). The first-order chi connectivity index (χ1) is 11.8. The van der Waals surface area contributed by atoms with Crippen molar-refractivity contribution in [1.82, 2.24) is 9.97 Å². The topological polar surface area (TPSA) is 72.2 Å². The number of rotatable bonds is 8. The SMILES string of the molecule is COCCNc1cc(-c2ccccc2)nc(NCc2ccco2)n1. The molecule has 0 spiro atoms. The summed E-state index contributed by atoms with van der Waals surface area (Å²) >= 11 is 0. The number of nitrogens with zero attached hydrogens (tertiary/aromatic N) is 2. The molecule has 0 bridgehead atoms. The molecule has 0 fully saturated rings. The van der Waals surface area contributed by atoms with Gasteiger partial charge in [0.15, 0.2) is 0 Å². The number of aromatic nitrogens is 2. The first kappa shape index (κ1) is 16.0. The summed E-state index contributed by atoms with van der Waals surface area (Å²) in [6.45, 7) is 1.82. The van der Waals surface area contributed by atoms with Crippen molar-refractivity contribution >= 4 is 11.8 Å². The highest BCUT2D eigenvalue weighted by Gasteiger charge is 2.07. The fourth-order valence-electron chi connectivity index (χ4n) is 2.23. The van der Waals surface area contributed by atoms with Crippen LogP contribution in [0.3, 0.4) is 0 Å². The van der Waals surface area contributed by atoms with Crippen LogP contribution in [0.15, 0.2) is 59.2 Å². The van der Waals surface area contributed by atoms with Gasteiger partial charge in [-0.05, 0) is 12.1 Å². The molecule has 3 rings (SSSR count). The molecule has 1 aromatic carbocycles. The number of nitrogens with one attached hydrogen (secondary N) is 2. The van der Waals surface area contributed by atoms with Crippen molar-refractivity contribution in [3.05, 3.63) is 60.6 Å². The molecule has 0 aliphatic carbocycles. The van der Waals surface area contributed by atoms with Gasteiger partial charge in [-0.3, -0.25) is 0 Å². The number of methoxy groups -OCH3 is 1. The smallest absolute Gasteiger partial charge is 0.225 e. The van der Waals surface area contributed by atoms with E-state index in [2.05, 4.69) is 20.6 Å². The Morgan fingerprint density at radius 1 is 1.04 bits per heavy atom. The molecule has 0 radical (unpaired) electrons. The Kier molecular flexibility index (Phi) is 5.42. The van der Waals surface area contributed by atoms with Crippen molar-refractivity contribution < 1.29 is 9.15 Å². The third-order valence-electron chi connectivity index (χ3n) is 3.41. The molecule has 3 aromatic rings. The van der Waals surface area contributed by atoms with Gasteiger partial charge in [-0.2, -0.15) is 4.98 Å². The lowest BCUT2D eigenvalue weighted by Gasteiger charge is -2.11. The van der Waals surface area contributed by atoms with Crippen LogP contribution in [0.5, 0.6) is 0 Å². The van der Waals surface area contributed by atoms with Crippen molar-refractivity contribution in [2.75, 3.05) is 30.9 Å². The van der Waals surface area contributed by atoms with Crippen molar-refractivity contribution in [2.24, 2.45) is 0 Å². The van der Waals surface area contributed by atoms with Gasteiger partial charge in [0.1, 0.15) is 11.6 Å². The maximum absolute atomic E-state index is 5.33. The second-order valence-electron chi connectivity index (χ2n) is 5.18. The van der Waals surface area contributed by atoms with Crippen LogP contribution in [0.4, 0.5) is 11.8 Å². The van der Waals surface area contributed by atoms with E-state index in [4.69, 9.17) is 9.15 Å². The molecule has 124 valence electrons. The lowest BCUT2D eigenvalue weighted by molar-refractivity contribution is 0.210. The Bertz CT molecular complexity index is 745. The van der Waals surface area contributed by atoms with Crippen LogP contribution in [0.25, 0.3) is 11.3 Å². The molecular formula is C18H20N4O2. The van der Waals surface area contributed by atoms with E-state index in [0.717, 1.165) is 22.8 Å². The molecular weight excluding hydrogens is 304 g/mol. The Hall–Kier alpha value is -2.86. The van der Waals surface area contributed by atoms with Gasteiger partial charge < -0.3 is 19.8 Å². The molecule has 2 aromatic heterocycles. The maximum Gasteiger partial charge on any atom is 0.225 e. The summed E-state index contributed by atoms with van der Waals surface area (Å²) in [7, 11) is 1.67. The quantitative estimate of drug-likeness (QED) is 0.619. The summed E-state index contributed by atoms with van der Waals surface area (Å²) < 4.78 is 10.4. The second kappa shape index (κ2) is 8.12. The van der Waals surface area contributed by atoms with Gasteiger partial charge in [0.2, 0.25) is 5.95 Å². The fraction of sp³-hybridized carbons (Fsp3) is 0.222. The highest BCUT2D eigenvalue weighted by molar-refractivity contribution is 5.64. The normalized spacial score (nSPS) is 10.5. The zero-order chi connectivity index (χ0) is 16.6. The fourth-order valence-corrected chi connectivity index (χ4v) is 2.23. The molecule has 0 atom stereocenters. The lowest BCUT2D eigenvalue weighted by Crippen LogP contribution is -2.11. The highest BCUT2D eigenvalue weighted by atomic mass is 16.5. The predicted octanol–water partition coefficient (Wildman–Crippen LogP) is 3.41. The van der Waals surface area contributed by atoms with Gasteiger partial charge in [0.05, 0.1) is 25.1 Å². The van der Waals surface area contributed by atoms with Crippen molar-refractivity contribution in [1.29, 1.82) is 0 Å². The van der Waals surface area contributed by atoms with Gasteiger partial charge in [-0.15, -0.1) is 0 Å². The zero-order valence-corrected chi connectivity index (χ0v) is 13.5. The van der Waals surface area contributed by atoms with E-state index in [0.29, 0.717) is 25.6 Å². The van der Waals surface area contributed by atoms with Gasteiger partial charge >= 0.3 is 0 Å². The monoisotopic (exact) mass is 324 g/mol. The Morgan fingerprint density at radius 2 is 1.92 bits per heavy atom. The average molecular weight is 324 g/mol. The third-order valence-corrected chi connectivity index (χ3v) is 3.41. The summed E-state index contributed by atoms with van der Waals surface area (Å²) in [5.74, 6) is 2.13. The van der Waals surface area contributed by atoms with Gasteiger partial charge in [-0.25, -0.2) is 4.98 Å². The van der Waals surface area contributed by atoms with Crippen molar-refractivity contribution in [2.45, 2.75) is 6.54 Å². The molecule has 0 saturated carbocycles. The minimum Gasteiger partial charge on any atom is -0.467 e. The van der Waals surface area contributed by atoms with E-state index in [-0.39, 0.29) is 0 Å². The molecule has 6 heteroatoms. The Morgan fingerprint density at radius 3 is 2.67 bits per heavy atom. The minimum absolute atomic E-state index is 0.531. The van der Waals surface area contributed by atoms with E-state index < -0.39 is 0 Å². The number of benzene rings is 1. The summed E-state index contributed by atoms with van der Waals surface area (Å²) in [6.07, 6.45) is 1.65. The van der Waals surface area contributed by atoms with E-state index in [1.54, 1.807) is 13.4 Å². The number of hydrogen-bond donors (Lipinski definition) is 2. The molecule has 6 nitrogen and oxygen atoms in total. The first-order valence-corrected chi connectivity index (χ1v) is 7.79. The summed E-state index contributed by atoms with van der Waals surface area (Å²) in [4.78, 5) is 9.10. The van der Waals surface area contributed by atoms with E-state index in [1.165, 1.54) is 0 Å². The van der Waals surface area contributed by atoms with E-state index >= 15 is 0 Å². The molecule has 0 unspecified atom stereocenters. The van der Waals surface area contributed by atoms with Gasteiger partial charge in [0, 0.05) is 25.3 Å². The zero-order valence-electron chi connectivity index (χ0n) is 13.5. The molecule has 0 saturated heterocycles. The Balaban J connectivity index is 1.81. The van der Waals surface area contributed by atoms with Crippen LogP contribution in [0.2, 0.25) is 0 Å². The molecule has 2 N–H and O–H groups in total. The van der Waals surface area contributed by atoms with Gasteiger partial charge in [0.25, 0.3) is 0 Å². The molecule has 0 amide bonds. The summed E-state index contributed by atoms with van der Waals surface area (Å²) in [5, 5.41) is 6.45. The number of hydrogen-bond acceptors (Lipinski definition) is 6. The van der Waals surface area contributed by atoms with Crippen LogP contribution in [-0.2, 0) is 11.3 Å². The van der Waals surface area contributed by atoms with Gasteiger partial charge in [-0.1, -0.05) is 30.3 Å². The van der Waals surface area contributed by atoms with Crippen molar-refractivity contribution in [3.63, 3.8) is 0 Å². The summed E-state index contributed by atoms with van der Waals surface area (Å²) in [5.41, 5.74) is 1.89. The van der Waals surface area contributed by atoms with E-state index in [9.17, 15) is 0 Å². The van der Waals surface area contributed by atoms with Crippen LogP contribution in [-0.4, -0.2) is 30.2 Å². The Labute approximate surface area is 140 Å². The molecule has 0 aliphatic heterocycles. The number of ether oxygens (including phenoxy) is 1. The summed E-state index contributed by atoms with van der Waals surface area (Å²) in [6, 6.07) is 15.7.